The first-order valence-corrected chi connectivity index (χ1v) is 3.82. The molecule has 2 N–H and O–H groups in total. The molecule has 0 aromatic carbocycles. The van der Waals surface area contributed by atoms with Crippen LogP contribution in [0, 0.1) is 6.92 Å². The van der Waals surface area contributed by atoms with Crippen molar-refractivity contribution in [3.63, 3.8) is 0 Å². The molecule has 0 aliphatic rings. The number of methoxy groups -OCH3 is 2. The fraction of sp³-hybridized carbons (Fsp3) is 0.500. The Bertz CT molecular complexity index is 271. The molecule has 0 amide bonds. The second-order valence-corrected chi connectivity index (χ2v) is 2.20. The van der Waals surface area contributed by atoms with Crippen molar-refractivity contribution in [1.29, 1.82) is 0 Å². The summed E-state index contributed by atoms with van der Waals surface area (Å²) in [5, 5.41) is 8.25. The summed E-state index contributed by atoms with van der Waals surface area (Å²) in [6.07, 6.45) is 0. The van der Waals surface area contributed by atoms with E-state index in [0.717, 1.165) is 7.11 Å². The second kappa shape index (κ2) is 8.72. The Kier molecular flexibility index (Phi) is 9.80. The summed E-state index contributed by atoms with van der Waals surface area (Å²) < 4.78 is 9.82. The van der Waals surface area contributed by atoms with Gasteiger partial charge in [0.05, 0.1) is 14.2 Å². The zero-order valence-corrected chi connectivity index (χ0v) is 11.7. The topological polar surface area (TPSA) is 93.3 Å². The zero-order chi connectivity index (χ0) is 11.1. The Morgan fingerprint density at radius 2 is 1.40 bits per heavy atom. The monoisotopic (exact) mass is 223 g/mol. The van der Waals surface area contributed by atoms with Crippen LogP contribution in [-0.4, -0.2) is 31.3 Å². The van der Waals surface area contributed by atoms with Gasteiger partial charge in [0.15, 0.2) is 5.69 Å². The van der Waals surface area contributed by atoms with Gasteiger partial charge >= 0.3 is 29.6 Å². The molecule has 0 fully saturated rings. The van der Waals surface area contributed by atoms with E-state index < -0.39 is 0 Å². The summed E-state index contributed by atoms with van der Waals surface area (Å²) in [5.41, 5.74) is 5.92. The Balaban J connectivity index is 0. The van der Waals surface area contributed by atoms with Gasteiger partial charge in [-0.25, -0.2) is 0 Å². The number of aryl methyl sites for hydroxylation is 1. The van der Waals surface area contributed by atoms with E-state index in [4.69, 9.17) is 20.3 Å². The number of nitrogen functional groups attached to an aromatic ring is 1. The molecule has 0 spiro atoms. The minimum Gasteiger partial charge on any atom is -0.857 e. The van der Waals surface area contributed by atoms with Crippen molar-refractivity contribution in [3.8, 4) is 11.8 Å². The maximum absolute atomic E-state index is 8.25. The predicted molar refractivity (Wildman–Crippen MR) is 50.2 cm³/mol. The van der Waals surface area contributed by atoms with Gasteiger partial charge in [-0.2, -0.15) is 17.1 Å². The van der Waals surface area contributed by atoms with Crippen LogP contribution < -0.4 is 49.9 Å². The number of hydrogen-bond donors (Lipinski definition) is 1. The van der Waals surface area contributed by atoms with Crippen molar-refractivity contribution < 1.29 is 44.1 Å². The van der Waals surface area contributed by atoms with Crippen molar-refractivity contribution in [2.24, 2.45) is 0 Å². The van der Waals surface area contributed by atoms with Crippen LogP contribution in [0.15, 0.2) is 0 Å². The van der Waals surface area contributed by atoms with E-state index in [1.54, 1.807) is 6.92 Å². The Labute approximate surface area is 111 Å². The number of nitrogens with two attached hydrogens (primary N) is 1. The third kappa shape index (κ3) is 4.65. The number of anilines is 1. The fourth-order valence-electron chi connectivity index (χ4n) is 0.842. The quantitative estimate of drug-likeness (QED) is 0.520. The molecule has 7 heteroatoms. The minimum atomic E-state index is 0. The number of aromatic nitrogens is 2. The fourth-order valence-corrected chi connectivity index (χ4v) is 0.842. The number of nitrogens with zero attached hydrogens (tertiary/aromatic N) is 2. The van der Waals surface area contributed by atoms with Gasteiger partial charge in [-0.05, 0) is 6.92 Å². The van der Waals surface area contributed by atoms with Crippen LogP contribution in [0.25, 0.3) is 0 Å². The number of hydrogen-bond acceptors (Lipinski definition) is 6. The largest absolute Gasteiger partial charge is 1.00 e. The molecule has 15 heavy (non-hydrogen) atoms. The van der Waals surface area contributed by atoms with Gasteiger partial charge in [-0.1, -0.05) is 0 Å². The first-order valence-electron chi connectivity index (χ1n) is 3.82. The third-order valence-corrected chi connectivity index (χ3v) is 1.37. The van der Waals surface area contributed by atoms with Crippen molar-refractivity contribution in [2.45, 2.75) is 6.92 Å². The summed E-state index contributed by atoms with van der Waals surface area (Å²) in [6, 6.07) is 0. The SMILES string of the molecule is COc1nc(C)nc(OC)c1N.C[O-].[Na+]. The maximum Gasteiger partial charge on any atom is 1.00 e. The summed E-state index contributed by atoms with van der Waals surface area (Å²) in [7, 11) is 3.75. The molecule has 0 saturated heterocycles. The van der Waals surface area contributed by atoms with Crippen molar-refractivity contribution >= 4 is 5.69 Å². The Morgan fingerprint density at radius 3 is 1.67 bits per heavy atom. The average Bonchev–Trinajstić information content (AvgIpc) is 2.23. The van der Waals surface area contributed by atoms with Crippen LogP contribution in [0.2, 0.25) is 0 Å². The molecule has 0 aliphatic heterocycles. The van der Waals surface area contributed by atoms with Crippen LogP contribution in [0.4, 0.5) is 5.69 Å². The molecule has 0 saturated carbocycles. The predicted octanol–water partition coefficient (Wildman–Crippen LogP) is -3.64. The van der Waals surface area contributed by atoms with E-state index >= 15 is 0 Å². The molecule has 1 aromatic heterocycles. The van der Waals surface area contributed by atoms with Gasteiger partial charge in [-0.15, -0.1) is 0 Å². The standard InChI is InChI=1S/C7H11N3O2.CH3O.Na/c1-4-9-6(11-2)5(8)7(10-4)12-3;1-2;/h8H2,1-3H3;1H3;/q;-1;+1. The molecule has 0 unspecified atom stereocenters. The van der Waals surface area contributed by atoms with Crippen LogP contribution in [-0.2, 0) is 0 Å². The normalized spacial score (nSPS) is 8.07. The summed E-state index contributed by atoms with van der Waals surface area (Å²) in [5.74, 6) is 1.26. The second-order valence-electron chi connectivity index (χ2n) is 2.20. The van der Waals surface area contributed by atoms with Crippen molar-refractivity contribution in [3.05, 3.63) is 5.82 Å². The third-order valence-electron chi connectivity index (χ3n) is 1.37. The molecular formula is C8H14N3NaO3. The van der Waals surface area contributed by atoms with E-state index in [0.29, 0.717) is 23.3 Å². The average molecular weight is 223 g/mol. The molecule has 1 heterocycles. The zero-order valence-electron chi connectivity index (χ0n) is 9.70. The van der Waals surface area contributed by atoms with Crippen LogP contribution in [0.3, 0.4) is 0 Å². The molecule has 6 nitrogen and oxygen atoms in total. The van der Waals surface area contributed by atoms with Gasteiger partial charge in [0, 0.05) is 0 Å². The molecule has 0 bridgehead atoms. The van der Waals surface area contributed by atoms with E-state index in [-0.39, 0.29) is 29.6 Å². The summed E-state index contributed by atoms with van der Waals surface area (Å²) >= 11 is 0. The molecule has 0 atom stereocenters. The molecule has 80 valence electrons. The van der Waals surface area contributed by atoms with Gasteiger partial charge in [-0.3, -0.25) is 0 Å². The van der Waals surface area contributed by atoms with Crippen LogP contribution in [0.1, 0.15) is 5.82 Å². The van der Waals surface area contributed by atoms with E-state index in [2.05, 4.69) is 9.97 Å². The number of ether oxygens (including phenoxy) is 2. The van der Waals surface area contributed by atoms with E-state index in [1.165, 1.54) is 14.2 Å². The Morgan fingerprint density at radius 1 is 1.07 bits per heavy atom. The van der Waals surface area contributed by atoms with Gasteiger partial charge in [0.1, 0.15) is 5.82 Å². The molecule has 1 rings (SSSR count). The van der Waals surface area contributed by atoms with Crippen LogP contribution in [0.5, 0.6) is 11.8 Å². The van der Waals surface area contributed by atoms with Crippen LogP contribution >= 0.6 is 0 Å². The van der Waals surface area contributed by atoms with E-state index in [1.807, 2.05) is 0 Å². The molecule has 0 aliphatic carbocycles. The van der Waals surface area contributed by atoms with Gasteiger partial charge in [0.25, 0.3) is 0 Å². The first-order chi connectivity index (χ1) is 6.69. The van der Waals surface area contributed by atoms with E-state index in [9.17, 15) is 0 Å². The molecular weight excluding hydrogens is 209 g/mol. The molecule has 1 aromatic rings. The van der Waals surface area contributed by atoms with Crippen molar-refractivity contribution in [1.82, 2.24) is 9.97 Å². The maximum atomic E-state index is 8.25. The first kappa shape index (κ1) is 16.9. The Hall–Kier alpha value is -0.560. The number of rotatable bonds is 2. The summed E-state index contributed by atoms with van der Waals surface area (Å²) in [4.78, 5) is 7.92. The summed E-state index contributed by atoms with van der Waals surface area (Å²) in [6.45, 7) is 1.74. The van der Waals surface area contributed by atoms with Gasteiger partial charge in [0.2, 0.25) is 11.8 Å². The molecule has 0 radical (unpaired) electrons. The minimum absolute atomic E-state index is 0. The smallest absolute Gasteiger partial charge is 0.857 e. The van der Waals surface area contributed by atoms with Crippen molar-refractivity contribution in [2.75, 3.05) is 27.1 Å². The van der Waals surface area contributed by atoms with Gasteiger partial charge < -0.3 is 20.3 Å².